The van der Waals surface area contributed by atoms with Crippen LogP contribution in [0, 0.1) is 0 Å². The first-order valence-corrected chi connectivity index (χ1v) is 6.15. The molecule has 0 heterocycles. The van der Waals surface area contributed by atoms with E-state index in [1.54, 1.807) is 7.11 Å². The molecule has 3 heteroatoms. The third-order valence-corrected chi connectivity index (χ3v) is 3.25. The van der Waals surface area contributed by atoms with Crippen LogP contribution in [0.15, 0.2) is 18.2 Å². The lowest BCUT2D eigenvalue weighted by Crippen LogP contribution is -2.29. The first-order chi connectivity index (χ1) is 8.00. The minimum atomic E-state index is -0.357. The molecular weight excluding hydrogens is 214 g/mol. The van der Waals surface area contributed by atoms with Gasteiger partial charge in [0.05, 0.1) is 13.2 Å². The van der Waals surface area contributed by atoms with Crippen molar-refractivity contribution in [3.8, 4) is 11.5 Å². The third-order valence-electron chi connectivity index (χ3n) is 3.25. The maximum atomic E-state index is 6.10. The van der Waals surface area contributed by atoms with Crippen LogP contribution in [0.3, 0.4) is 0 Å². The molecule has 0 radical (unpaired) electrons. The number of ether oxygens (including phenoxy) is 2. The topological polar surface area (TPSA) is 44.5 Å². The fourth-order valence-corrected chi connectivity index (χ4v) is 1.84. The summed E-state index contributed by atoms with van der Waals surface area (Å²) in [6.45, 7) is 3.98. The minimum Gasteiger partial charge on any atom is -0.493 e. The van der Waals surface area contributed by atoms with Crippen molar-refractivity contribution in [3.63, 3.8) is 0 Å². The molecule has 1 aromatic carbocycles. The van der Waals surface area contributed by atoms with Crippen LogP contribution in [0.4, 0.5) is 0 Å². The summed E-state index contributed by atoms with van der Waals surface area (Å²) in [4.78, 5) is 0. The molecule has 0 unspecified atom stereocenters. The van der Waals surface area contributed by atoms with Gasteiger partial charge in [-0.2, -0.15) is 0 Å². The Morgan fingerprint density at radius 3 is 2.41 bits per heavy atom. The summed E-state index contributed by atoms with van der Waals surface area (Å²) in [5, 5.41) is 0. The largest absolute Gasteiger partial charge is 0.493 e. The van der Waals surface area contributed by atoms with Crippen molar-refractivity contribution in [3.05, 3.63) is 23.8 Å². The van der Waals surface area contributed by atoms with Crippen molar-refractivity contribution in [1.29, 1.82) is 0 Å². The van der Waals surface area contributed by atoms with Gasteiger partial charge in [0.25, 0.3) is 0 Å². The van der Waals surface area contributed by atoms with Crippen LogP contribution < -0.4 is 15.2 Å². The fourth-order valence-electron chi connectivity index (χ4n) is 1.84. The second kappa shape index (κ2) is 4.57. The van der Waals surface area contributed by atoms with Gasteiger partial charge in [0.15, 0.2) is 11.5 Å². The van der Waals surface area contributed by atoms with Gasteiger partial charge in [0.2, 0.25) is 0 Å². The van der Waals surface area contributed by atoms with Crippen LogP contribution in [0.25, 0.3) is 0 Å². The lowest BCUT2D eigenvalue weighted by atomic mass is 9.94. The number of hydrogen-bond donors (Lipinski definition) is 1. The highest BCUT2D eigenvalue weighted by atomic mass is 16.5. The van der Waals surface area contributed by atoms with E-state index in [-0.39, 0.29) is 5.54 Å². The van der Waals surface area contributed by atoms with Crippen LogP contribution in [-0.2, 0) is 5.54 Å². The fraction of sp³-hybridized carbons (Fsp3) is 0.571. The maximum Gasteiger partial charge on any atom is 0.161 e. The molecule has 1 aromatic rings. The van der Waals surface area contributed by atoms with Crippen LogP contribution >= 0.6 is 0 Å². The Balaban J connectivity index is 2.25. The van der Waals surface area contributed by atoms with Crippen molar-refractivity contribution in [2.24, 2.45) is 5.73 Å². The van der Waals surface area contributed by atoms with Gasteiger partial charge in [0.1, 0.15) is 0 Å². The third kappa shape index (κ3) is 2.72. The zero-order valence-electron chi connectivity index (χ0n) is 10.8. The van der Waals surface area contributed by atoms with Gasteiger partial charge in [-0.05, 0) is 50.8 Å². The molecule has 0 amide bonds. The maximum absolute atomic E-state index is 6.10. The lowest BCUT2D eigenvalue weighted by molar-refractivity contribution is 0.116. The van der Waals surface area contributed by atoms with Crippen molar-refractivity contribution >= 4 is 0 Å². The van der Waals surface area contributed by atoms with E-state index in [1.165, 1.54) is 6.42 Å². The van der Waals surface area contributed by atoms with Gasteiger partial charge in [-0.15, -0.1) is 0 Å². The molecule has 3 nitrogen and oxygen atoms in total. The highest BCUT2D eigenvalue weighted by Gasteiger charge is 2.22. The molecule has 0 aliphatic heterocycles. The number of methoxy groups -OCH3 is 1. The summed E-state index contributed by atoms with van der Waals surface area (Å²) < 4.78 is 11.2. The molecular formula is C14H21NO2. The Labute approximate surface area is 103 Å². The number of benzene rings is 1. The predicted octanol–water partition coefficient (Wildman–Crippen LogP) is 2.82. The molecule has 1 saturated carbocycles. The van der Waals surface area contributed by atoms with E-state index in [0.717, 1.165) is 29.9 Å². The van der Waals surface area contributed by atoms with E-state index in [0.29, 0.717) is 6.10 Å². The summed E-state index contributed by atoms with van der Waals surface area (Å²) >= 11 is 0. The number of hydrogen-bond acceptors (Lipinski definition) is 3. The zero-order chi connectivity index (χ0) is 12.5. The summed E-state index contributed by atoms with van der Waals surface area (Å²) in [6, 6.07) is 5.92. The second-order valence-corrected chi connectivity index (χ2v) is 5.26. The predicted molar refractivity (Wildman–Crippen MR) is 68.5 cm³/mol. The first kappa shape index (κ1) is 12.2. The monoisotopic (exact) mass is 235 g/mol. The van der Waals surface area contributed by atoms with Crippen molar-refractivity contribution in [2.45, 2.75) is 44.8 Å². The van der Waals surface area contributed by atoms with Gasteiger partial charge in [-0.25, -0.2) is 0 Å². The highest BCUT2D eigenvalue weighted by molar-refractivity contribution is 5.44. The molecule has 0 atom stereocenters. The molecule has 0 bridgehead atoms. The van der Waals surface area contributed by atoms with E-state index in [9.17, 15) is 0 Å². The van der Waals surface area contributed by atoms with Crippen molar-refractivity contribution in [1.82, 2.24) is 0 Å². The molecule has 1 aliphatic carbocycles. The summed E-state index contributed by atoms with van der Waals surface area (Å²) in [6.07, 6.45) is 3.88. The number of rotatable bonds is 4. The minimum absolute atomic E-state index is 0.347. The Morgan fingerprint density at radius 2 is 1.94 bits per heavy atom. The quantitative estimate of drug-likeness (QED) is 0.872. The van der Waals surface area contributed by atoms with Crippen LogP contribution in [-0.4, -0.2) is 13.2 Å². The Bertz CT molecular complexity index is 392. The smallest absolute Gasteiger partial charge is 0.161 e. The molecule has 17 heavy (non-hydrogen) atoms. The highest BCUT2D eigenvalue weighted by Crippen LogP contribution is 2.35. The van der Waals surface area contributed by atoms with Gasteiger partial charge in [-0.1, -0.05) is 6.07 Å². The van der Waals surface area contributed by atoms with E-state index < -0.39 is 0 Å². The lowest BCUT2D eigenvalue weighted by Gasteiger charge is -2.28. The van der Waals surface area contributed by atoms with Crippen LogP contribution in [0.5, 0.6) is 11.5 Å². The van der Waals surface area contributed by atoms with Crippen molar-refractivity contribution in [2.75, 3.05) is 7.11 Å². The summed E-state index contributed by atoms with van der Waals surface area (Å²) in [7, 11) is 1.66. The standard InChI is InChI=1S/C14H21NO2/c1-14(2,15)10-7-8-12(16-3)13(9-10)17-11-5-4-6-11/h7-9,11H,4-6,15H2,1-3H3. The Morgan fingerprint density at radius 1 is 1.24 bits per heavy atom. The molecule has 1 fully saturated rings. The van der Waals surface area contributed by atoms with Crippen LogP contribution in [0.2, 0.25) is 0 Å². The molecule has 94 valence electrons. The first-order valence-electron chi connectivity index (χ1n) is 6.15. The molecule has 0 saturated heterocycles. The molecule has 2 N–H and O–H groups in total. The molecule has 0 aromatic heterocycles. The van der Waals surface area contributed by atoms with E-state index in [1.807, 2.05) is 32.0 Å². The summed E-state index contributed by atoms with van der Waals surface area (Å²) in [5.74, 6) is 1.60. The normalized spacial score (nSPS) is 16.5. The molecule has 0 spiro atoms. The summed E-state index contributed by atoms with van der Waals surface area (Å²) in [5.41, 5.74) is 6.80. The van der Waals surface area contributed by atoms with Gasteiger partial charge in [-0.3, -0.25) is 0 Å². The molecule has 2 rings (SSSR count). The van der Waals surface area contributed by atoms with E-state index in [4.69, 9.17) is 15.2 Å². The zero-order valence-corrected chi connectivity index (χ0v) is 10.8. The van der Waals surface area contributed by atoms with Crippen molar-refractivity contribution < 1.29 is 9.47 Å². The average molecular weight is 235 g/mol. The second-order valence-electron chi connectivity index (χ2n) is 5.26. The van der Waals surface area contributed by atoms with Crippen LogP contribution in [0.1, 0.15) is 38.7 Å². The SMILES string of the molecule is COc1ccc(C(C)(C)N)cc1OC1CCC1. The Hall–Kier alpha value is -1.22. The van der Waals surface area contributed by atoms with Gasteiger partial charge in [0, 0.05) is 5.54 Å². The van der Waals surface area contributed by atoms with E-state index >= 15 is 0 Å². The van der Waals surface area contributed by atoms with E-state index in [2.05, 4.69) is 0 Å². The van der Waals surface area contributed by atoms with Gasteiger partial charge >= 0.3 is 0 Å². The average Bonchev–Trinajstić information content (AvgIpc) is 2.22. The number of nitrogens with two attached hydrogens (primary N) is 1. The Kier molecular flexibility index (Phi) is 3.29. The van der Waals surface area contributed by atoms with Gasteiger partial charge < -0.3 is 15.2 Å². The molecule has 1 aliphatic rings.